The highest BCUT2D eigenvalue weighted by atomic mass is 32.2. The molecule has 0 spiro atoms. The molecule has 4 atom stereocenters. The Labute approximate surface area is 425 Å². The van der Waals surface area contributed by atoms with Crippen molar-refractivity contribution in [2.24, 2.45) is 22.2 Å². The average molecular weight is 1000 g/mol. The molecule has 386 valence electrons. The van der Waals surface area contributed by atoms with Gasteiger partial charge in [-0.15, -0.1) is 0 Å². The fourth-order valence-electron chi connectivity index (χ4n) is 9.57. The topological polar surface area (TPSA) is 242 Å². The number of aromatic hydroxyl groups is 1. The van der Waals surface area contributed by atoms with Gasteiger partial charge in [0, 0.05) is 13.0 Å². The monoisotopic (exact) mass is 1000 g/mol. The maximum Gasteiger partial charge on any atom is 0.264 e. The molecule has 0 bridgehead atoms. The smallest absolute Gasteiger partial charge is 0.264 e. The lowest BCUT2D eigenvalue weighted by Gasteiger charge is -2.38. The zero-order chi connectivity index (χ0) is 53.0. The van der Waals surface area contributed by atoms with Crippen LogP contribution in [0.2, 0.25) is 0 Å². The summed E-state index contributed by atoms with van der Waals surface area (Å²) in [6.45, 7) is 20.5. The number of fused-ring (bicyclic) bond motifs is 2. The zero-order valence-corrected chi connectivity index (χ0v) is 44.4. The highest BCUT2D eigenvalue weighted by Crippen LogP contribution is 2.42. The first-order valence-electron chi connectivity index (χ1n) is 24.5. The van der Waals surface area contributed by atoms with Gasteiger partial charge in [0.15, 0.2) is 0 Å². The maximum atomic E-state index is 15.5. The van der Waals surface area contributed by atoms with Gasteiger partial charge >= 0.3 is 0 Å². The van der Waals surface area contributed by atoms with Crippen molar-refractivity contribution in [1.82, 2.24) is 14.9 Å². The molecule has 3 amide bonds. The molecule has 1 heterocycles. The van der Waals surface area contributed by atoms with Crippen LogP contribution < -0.4 is 36.7 Å². The van der Waals surface area contributed by atoms with Crippen molar-refractivity contribution in [3.05, 3.63) is 129 Å². The van der Waals surface area contributed by atoms with Crippen LogP contribution >= 0.6 is 0 Å². The molecule has 1 aliphatic heterocycles. The molecule has 0 unspecified atom stereocenters. The third-order valence-corrected chi connectivity index (χ3v) is 15.1. The fraction of sp³-hybridized carbons (Fsp3) is 0.429. The first-order valence-corrected chi connectivity index (χ1v) is 26.0. The van der Waals surface area contributed by atoms with Gasteiger partial charge < -0.3 is 42.0 Å². The molecule has 0 saturated carbocycles. The van der Waals surface area contributed by atoms with E-state index in [0.717, 1.165) is 33.9 Å². The number of amides is 3. The standard InChI is InChI=1S/C56H73N7O8S/c1-32-27-39(28-33(2)48(32)64)30-46(61-52(66)45(57)29-38-18-22-43(23-19-38)70-55(7,8)9)53(67)63(37(6)41-21-20-40-15-12-13-16-42(40)31-41)47(51(58)65)17-14-26-60-54(59)62-72(68,69)50-35(4)34(3)49-44(36(50)5)24-25-56(10,11)71-49/h12-13,15-16,18-23,27-28,31,37,45-47,64H,14,17,24-26,29-30,57H2,1-11H3,(H2,58,65)(H,61,66)(H3,59,60,62)/t37-,45+,46+,47+/m1/s1. The predicted molar refractivity (Wildman–Crippen MR) is 284 cm³/mol. The summed E-state index contributed by atoms with van der Waals surface area (Å²) in [5, 5.41) is 15.5. The Morgan fingerprint density at radius 3 is 2.14 bits per heavy atom. The van der Waals surface area contributed by atoms with E-state index in [9.17, 15) is 23.1 Å². The summed E-state index contributed by atoms with van der Waals surface area (Å²) in [5.41, 5.74) is 24.3. The minimum atomic E-state index is -4.19. The van der Waals surface area contributed by atoms with E-state index in [-0.39, 0.29) is 54.4 Å². The van der Waals surface area contributed by atoms with Gasteiger partial charge in [-0.3, -0.25) is 19.4 Å². The SMILES string of the molecule is Cc1cc(C[C@H](NC(=O)[C@@H](N)Cc2ccc(OC(C)(C)C)cc2)C(=O)N([C@H](C)c2ccc3ccccc3c2)[C@@H](CCCN=C(N)NS(=O)(=O)c2c(C)c(C)c3c(c2C)CCC(C)(C)O3)C(N)=O)cc(C)c1O. The third-order valence-electron chi connectivity index (χ3n) is 13.4. The highest BCUT2D eigenvalue weighted by molar-refractivity contribution is 7.90. The number of carbonyl (C=O) groups is 3. The van der Waals surface area contributed by atoms with Crippen LogP contribution in [0, 0.1) is 34.6 Å². The molecule has 15 nitrogen and oxygen atoms in total. The van der Waals surface area contributed by atoms with Gasteiger partial charge in [0.1, 0.15) is 40.5 Å². The lowest BCUT2D eigenvalue weighted by atomic mass is 9.88. The largest absolute Gasteiger partial charge is 0.507 e. The number of primary amides is 1. The molecule has 5 aromatic rings. The number of aliphatic imine (C=N–C) groups is 1. The van der Waals surface area contributed by atoms with Gasteiger partial charge in [0.05, 0.1) is 17.0 Å². The number of sulfonamides is 1. The molecule has 1 aliphatic rings. The summed E-state index contributed by atoms with van der Waals surface area (Å²) < 4.78 is 42.7. The number of ether oxygens (including phenoxy) is 2. The second-order valence-electron chi connectivity index (χ2n) is 20.8. The molecule has 6 rings (SSSR count). The number of hydrogen-bond acceptors (Lipinski definition) is 10. The van der Waals surface area contributed by atoms with E-state index >= 15 is 4.79 Å². The van der Waals surface area contributed by atoms with Crippen LogP contribution in [0.5, 0.6) is 17.2 Å². The molecule has 9 N–H and O–H groups in total. The van der Waals surface area contributed by atoms with Crippen LogP contribution in [-0.2, 0) is 43.7 Å². The van der Waals surface area contributed by atoms with Crippen LogP contribution in [-0.4, -0.2) is 78.0 Å². The summed E-state index contributed by atoms with van der Waals surface area (Å²) >= 11 is 0. The van der Waals surface area contributed by atoms with Gasteiger partial charge in [0.2, 0.25) is 23.7 Å². The number of guanidine groups is 1. The summed E-state index contributed by atoms with van der Waals surface area (Å²) in [6.07, 6.45) is 1.68. The van der Waals surface area contributed by atoms with Gasteiger partial charge in [-0.05, 0) is 187 Å². The minimum Gasteiger partial charge on any atom is -0.507 e. The van der Waals surface area contributed by atoms with Crippen LogP contribution in [0.15, 0.2) is 88.8 Å². The number of nitrogens with one attached hydrogen (secondary N) is 2. The molecule has 5 aromatic carbocycles. The Morgan fingerprint density at radius 2 is 1.51 bits per heavy atom. The summed E-state index contributed by atoms with van der Waals surface area (Å²) in [6, 6.07) is 20.0. The van der Waals surface area contributed by atoms with E-state index in [1.54, 1.807) is 46.8 Å². The van der Waals surface area contributed by atoms with Crippen LogP contribution in [0.3, 0.4) is 0 Å². The first kappa shape index (κ1) is 54.7. The van der Waals surface area contributed by atoms with Crippen molar-refractivity contribution in [1.29, 1.82) is 0 Å². The Kier molecular flexibility index (Phi) is 16.7. The Bertz CT molecular complexity index is 2960. The van der Waals surface area contributed by atoms with Crippen molar-refractivity contribution >= 4 is 44.5 Å². The van der Waals surface area contributed by atoms with Gasteiger partial charge in [-0.1, -0.05) is 60.7 Å². The van der Waals surface area contributed by atoms with Gasteiger partial charge in [0.25, 0.3) is 10.0 Å². The Balaban J connectivity index is 1.29. The number of nitrogens with two attached hydrogens (primary N) is 3. The van der Waals surface area contributed by atoms with Crippen LogP contribution in [0.4, 0.5) is 0 Å². The van der Waals surface area contributed by atoms with Crippen molar-refractivity contribution in [3.8, 4) is 17.2 Å². The summed E-state index contributed by atoms with van der Waals surface area (Å²) in [7, 11) is -4.19. The number of phenolic OH excluding ortho intramolecular Hbond substituents is 1. The van der Waals surface area contributed by atoms with E-state index in [1.165, 1.54) is 4.90 Å². The number of hydrogen-bond donors (Lipinski definition) is 6. The lowest BCUT2D eigenvalue weighted by molar-refractivity contribution is -0.145. The second-order valence-corrected chi connectivity index (χ2v) is 22.5. The molecule has 0 radical (unpaired) electrons. The third kappa shape index (κ3) is 13.1. The van der Waals surface area contributed by atoms with Crippen LogP contribution in [0.25, 0.3) is 10.8 Å². The van der Waals surface area contributed by atoms with E-state index in [0.29, 0.717) is 51.3 Å². The van der Waals surface area contributed by atoms with E-state index in [1.807, 2.05) is 108 Å². The van der Waals surface area contributed by atoms with Gasteiger partial charge in [-0.2, -0.15) is 0 Å². The summed E-state index contributed by atoms with van der Waals surface area (Å²) in [4.78, 5) is 49.3. The quantitative estimate of drug-likeness (QED) is 0.0287. The van der Waals surface area contributed by atoms with Crippen molar-refractivity contribution in [2.45, 2.75) is 155 Å². The normalized spacial score (nSPS) is 15.4. The Hall–Kier alpha value is -6.65. The lowest BCUT2D eigenvalue weighted by Crippen LogP contribution is -2.58. The fourth-order valence-corrected chi connectivity index (χ4v) is 11.1. The zero-order valence-electron chi connectivity index (χ0n) is 43.6. The number of rotatable bonds is 18. The first-order chi connectivity index (χ1) is 33.7. The molecule has 0 aliphatic carbocycles. The maximum absolute atomic E-state index is 15.5. The number of nitrogens with zero attached hydrogens (tertiary/aromatic N) is 2. The summed E-state index contributed by atoms with van der Waals surface area (Å²) in [5.74, 6) is -0.843. The molecule has 0 aromatic heterocycles. The molecule has 0 saturated heterocycles. The van der Waals surface area contributed by atoms with Crippen molar-refractivity contribution in [3.63, 3.8) is 0 Å². The van der Waals surface area contributed by atoms with E-state index < -0.39 is 57.5 Å². The van der Waals surface area contributed by atoms with Gasteiger partial charge in [-0.25, -0.2) is 13.1 Å². The highest BCUT2D eigenvalue weighted by Gasteiger charge is 2.38. The number of aryl methyl sites for hydroxylation is 2. The molecule has 16 heteroatoms. The molecule has 0 fully saturated rings. The van der Waals surface area contributed by atoms with E-state index in [2.05, 4.69) is 15.0 Å². The Morgan fingerprint density at radius 1 is 0.875 bits per heavy atom. The number of benzene rings is 5. The number of carbonyl (C=O) groups excluding carboxylic acids is 3. The minimum absolute atomic E-state index is 0.00757. The van der Waals surface area contributed by atoms with Crippen LogP contribution in [0.1, 0.15) is 117 Å². The van der Waals surface area contributed by atoms with E-state index in [4.69, 9.17) is 26.7 Å². The average Bonchev–Trinajstić information content (AvgIpc) is 3.29. The predicted octanol–water partition coefficient (Wildman–Crippen LogP) is 7.48. The van der Waals surface area contributed by atoms with Crippen molar-refractivity contribution < 1.29 is 37.4 Å². The van der Waals surface area contributed by atoms with Crippen molar-refractivity contribution in [2.75, 3.05) is 6.54 Å². The molecular weight excluding hydrogens is 931 g/mol. The number of phenols is 1. The second kappa shape index (κ2) is 22.0. The molecular formula is C56H73N7O8S. The molecule has 72 heavy (non-hydrogen) atoms.